The van der Waals surface area contributed by atoms with Gasteiger partial charge in [-0.2, -0.15) is 0 Å². The Kier molecular flexibility index (Phi) is 3.64. The molecule has 2 rings (SSSR count). The first-order valence-corrected chi connectivity index (χ1v) is 6.29. The van der Waals surface area contributed by atoms with E-state index in [9.17, 15) is 4.79 Å². The van der Waals surface area contributed by atoms with E-state index in [1.54, 1.807) is 6.08 Å². The molecule has 2 fully saturated rings. The molecule has 3 nitrogen and oxygen atoms in total. The number of esters is 1. The Labute approximate surface area is 97.5 Å². The molecule has 0 spiro atoms. The summed E-state index contributed by atoms with van der Waals surface area (Å²) in [6.07, 6.45) is 7.70. The predicted molar refractivity (Wildman–Crippen MR) is 63.1 cm³/mol. The molecule has 90 valence electrons. The van der Waals surface area contributed by atoms with E-state index < -0.39 is 0 Å². The molecule has 2 heterocycles. The van der Waals surface area contributed by atoms with Crippen molar-refractivity contribution in [3.8, 4) is 0 Å². The molecule has 3 heteroatoms. The van der Waals surface area contributed by atoms with E-state index in [0.717, 1.165) is 12.8 Å². The van der Waals surface area contributed by atoms with Crippen molar-refractivity contribution in [2.45, 2.75) is 51.1 Å². The lowest BCUT2D eigenvalue weighted by atomic mass is 9.82. The summed E-state index contributed by atoms with van der Waals surface area (Å²) in [5.74, 6) is -0.167. The van der Waals surface area contributed by atoms with Gasteiger partial charge in [0.15, 0.2) is 0 Å². The Morgan fingerprint density at radius 1 is 1.44 bits per heavy atom. The van der Waals surface area contributed by atoms with Gasteiger partial charge in [-0.1, -0.05) is 12.0 Å². The Morgan fingerprint density at radius 3 is 2.62 bits per heavy atom. The summed E-state index contributed by atoms with van der Waals surface area (Å²) in [4.78, 5) is 13.9. The number of hydrogen-bond acceptors (Lipinski definition) is 3. The maximum atomic E-state index is 11.4. The van der Waals surface area contributed by atoms with Crippen molar-refractivity contribution < 1.29 is 9.53 Å². The van der Waals surface area contributed by atoms with Crippen molar-refractivity contribution in [1.29, 1.82) is 0 Å². The second kappa shape index (κ2) is 5.00. The lowest BCUT2D eigenvalue weighted by Gasteiger charge is -2.44. The lowest BCUT2D eigenvalue weighted by Crippen LogP contribution is -2.47. The SMILES string of the molecule is CCOC(=O)C=C1C[C@H]2CCC[C@@H](C1)N2C. The van der Waals surface area contributed by atoms with Crippen molar-refractivity contribution in [3.63, 3.8) is 0 Å². The molecule has 0 N–H and O–H groups in total. The number of carbonyl (C=O) groups is 1. The van der Waals surface area contributed by atoms with Crippen LogP contribution < -0.4 is 0 Å². The second-order valence-electron chi connectivity index (χ2n) is 4.87. The van der Waals surface area contributed by atoms with E-state index in [1.165, 1.54) is 24.8 Å². The van der Waals surface area contributed by atoms with Gasteiger partial charge < -0.3 is 4.74 Å². The van der Waals surface area contributed by atoms with E-state index in [4.69, 9.17) is 4.74 Å². The van der Waals surface area contributed by atoms with Crippen molar-refractivity contribution in [2.24, 2.45) is 0 Å². The average molecular weight is 223 g/mol. The van der Waals surface area contributed by atoms with Gasteiger partial charge in [0, 0.05) is 18.2 Å². The second-order valence-corrected chi connectivity index (χ2v) is 4.87. The number of carbonyl (C=O) groups excluding carboxylic acids is 1. The summed E-state index contributed by atoms with van der Waals surface area (Å²) in [6, 6.07) is 1.29. The van der Waals surface area contributed by atoms with Gasteiger partial charge in [-0.3, -0.25) is 4.90 Å². The molecule has 2 aliphatic rings. The monoisotopic (exact) mass is 223 g/mol. The highest BCUT2D eigenvalue weighted by molar-refractivity contribution is 5.82. The van der Waals surface area contributed by atoms with Crippen molar-refractivity contribution in [2.75, 3.05) is 13.7 Å². The fourth-order valence-electron chi connectivity index (χ4n) is 2.94. The summed E-state index contributed by atoms with van der Waals surface area (Å²) in [5, 5.41) is 0. The van der Waals surface area contributed by atoms with Crippen LogP contribution in [0.2, 0.25) is 0 Å². The summed E-state index contributed by atoms with van der Waals surface area (Å²) < 4.78 is 4.96. The van der Waals surface area contributed by atoms with Crippen LogP contribution in [-0.2, 0) is 9.53 Å². The number of fused-ring (bicyclic) bond motifs is 2. The predicted octanol–water partition coefficient (Wildman–Crippen LogP) is 2.12. The molecule has 0 radical (unpaired) electrons. The van der Waals surface area contributed by atoms with Gasteiger partial charge in [-0.15, -0.1) is 0 Å². The zero-order chi connectivity index (χ0) is 11.5. The van der Waals surface area contributed by atoms with E-state index in [-0.39, 0.29) is 5.97 Å². The van der Waals surface area contributed by atoms with Gasteiger partial charge in [0.1, 0.15) is 0 Å². The molecule has 2 atom stereocenters. The van der Waals surface area contributed by atoms with Crippen LogP contribution in [0.25, 0.3) is 0 Å². The molecule has 2 aliphatic heterocycles. The quantitative estimate of drug-likeness (QED) is 0.530. The topological polar surface area (TPSA) is 29.5 Å². The Bertz CT molecular complexity index is 282. The van der Waals surface area contributed by atoms with Crippen molar-refractivity contribution >= 4 is 5.97 Å². The number of ether oxygens (including phenoxy) is 1. The van der Waals surface area contributed by atoms with Gasteiger partial charge in [0.2, 0.25) is 0 Å². The fourth-order valence-corrected chi connectivity index (χ4v) is 2.94. The maximum Gasteiger partial charge on any atom is 0.330 e. The highest BCUT2D eigenvalue weighted by atomic mass is 16.5. The molecule has 0 aliphatic carbocycles. The first kappa shape index (κ1) is 11.6. The smallest absolute Gasteiger partial charge is 0.330 e. The van der Waals surface area contributed by atoms with Gasteiger partial charge in [0.05, 0.1) is 6.61 Å². The average Bonchev–Trinajstić information content (AvgIpc) is 2.20. The molecule has 2 saturated heterocycles. The number of nitrogens with zero attached hydrogens (tertiary/aromatic N) is 1. The van der Waals surface area contributed by atoms with Crippen molar-refractivity contribution in [3.05, 3.63) is 11.6 Å². The van der Waals surface area contributed by atoms with Crippen LogP contribution >= 0.6 is 0 Å². The fraction of sp³-hybridized carbons (Fsp3) is 0.769. The van der Waals surface area contributed by atoms with Crippen LogP contribution in [0.15, 0.2) is 11.6 Å². The normalized spacial score (nSPS) is 32.8. The van der Waals surface area contributed by atoms with Crippen LogP contribution in [0.1, 0.15) is 39.0 Å². The Balaban J connectivity index is 2.01. The molecule has 0 unspecified atom stereocenters. The Hall–Kier alpha value is -0.830. The highest BCUT2D eigenvalue weighted by Crippen LogP contribution is 2.35. The van der Waals surface area contributed by atoms with Gasteiger partial charge in [0.25, 0.3) is 0 Å². The van der Waals surface area contributed by atoms with Crippen LogP contribution in [0.3, 0.4) is 0 Å². The van der Waals surface area contributed by atoms with E-state index in [0.29, 0.717) is 18.7 Å². The molecule has 0 saturated carbocycles. The van der Waals surface area contributed by atoms with Gasteiger partial charge >= 0.3 is 5.97 Å². The summed E-state index contributed by atoms with van der Waals surface area (Å²) in [6.45, 7) is 2.31. The third kappa shape index (κ3) is 2.46. The minimum atomic E-state index is -0.167. The summed E-state index contributed by atoms with van der Waals surface area (Å²) in [7, 11) is 2.22. The minimum Gasteiger partial charge on any atom is -0.463 e. The third-order valence-corrected chi connectivity index (χ3v) is 3.83. The maximum absolute atomic E-state index is 11.4. The molecule has 16 heavy (non-hydrogen) atoms. The van der Waals surface area contributed by atoms with Gasteiger partial charge in [-0.05, 0) is 39.7 Å². The molecule has 0 amide bonds. The summed E-state index contributed by atoms with van der Waals surface area (Å²) in [5.41, 5.74) is 1.28. The molecule has 0 aromatic heterocycles. The number of rotatable bonds is 2. The largest absolute Gasteiger partial charge is 0.463 e. The van der Waals surface area contributed by atoms with Crippen LogP contribution in [-0.4, -0.2) is 36.6 Å². The zero-order valence-electron chi connectivity index (χ0n) is 10.2. The molecule has 2 bridgehead atoms. The lowest BCUT2D eigenvalue weighted by molar-refractivity contribution is -0.137. The first-order valence-electron chi connectivity index (χ1n) is 6.29. The molecular formula is C13H21NO2. The van der Waals surface area contributed by atoms with E-state index >= 15 is 0 Å². The van der Waals surface area contributed by atoms with Crippen LogP contribution in [0, 0.1) is 0 Å². The van der Waals surface area contributed by atoms with Crippen molar-refractivity contribution in [1.82, 2.24) is 4.90 Å². The standard InChI is InChI=1S/C13H21NO2/c1-3-16-13(15)9-10-7-11-5-4-6-12(8-10)14(11)2/h9,11-12H,3-8H2,1-2H3/t11-,12+. The third-order valence-electron chi connectivity index (χ3n) is 3.83. The molecule has 0 aromatic rings. The molecular weight excluding hydrogens is 202 g/mol. The Morgan fingerprint density at radius 2 is 2.06 bits per heavy atom. The minimum absolute atomic E-state index is 0.167. The van der Waals surface area contributed by atoms with Gasteiger partial charge in [-0.25, -0.2) is 4.79 Å². The summed E-state index contributed by atoms with van der Waals surface area (Å²) >= 11 is 0. The zero-order valence-corrected chi connectivity index (χ0v) is 10.2. The number of hydrogen-bond donors (Lipinski definition) is 0. The van der Waals surface area contributed by atoms with E-state index in [1.807, 2.05) is 6.92 Å². The molecule has 0 aromatic carbocycles. The number of piperidine rings is 2. The highest BCUT2D eigenvalue weighted by Gasteiger charge is 2.33. The van der Waals surface area contributed by atoms with Crippen LogP contribution in [0.4, 0.5) is 0 Å². The first-order chi connectivity index (χ1) is 7.70. The van der Waals surface area contributed by atoms with E-state index in [2.05, 4.69) is 11.9 Å². The van der Waals surface area contributed by atoms with Crippen LogP contribution in [0.5, 0.6) is 0 Å².